The zero-order chi connectivity index (χ0) is 20.6. The molecular weight excluding hydrogens is 382 g/mol. The Labute approximate surface area is 173 Å². The summed E-state index contributed by atoms with van der Waals surface area (Å²) < 4.78 is 5.20. The molecule has 2 aromatic carbocycles. The number of hydrogen-bond donors (Lipinski definition) is 2. The van der Waals surface area contributed by atoms with Gasteiger partial charge in [-0.3, -0.25) is 14.4 Å². The molecule has 7 nitrogen and oxygen atoms in total. The highest BCUT2D eigenvalue weighted by Gasteiger charge is 2.78. The third-order valence-corrected chi connectivity index (χ3v) is 7.46. The minimum Gasteiger partial charge on any atom is -0.497 e. The highest BCUT2D eigenvalue weighted by Crippen LogP contribution is 2.52. The van der Waals surface area contributed by atoms with Gasteiger partial charge in [0.05, 0.1) is 25.0 Å². The third kappa shape index (κ3) is 1.91. The van der Waals surface area contributed by atoms with Crippen molar-refractivity contribution in [1.29, 1.82) is 0 Å². The van der Waals surface area contributed by atoms with Crippen LogP contribution in [0, 0.1) is 11.8 Å². The maximum atomic E-state index is 13.8. The van der Waals surface area contributed by atoms with Gasteiger partial charge in [-0.25, -0.2) is 4.90 Å². The summed E-state index contributed by atoms with van der Waals surface area (Å²) in [6.45, 7) is 0.794. The van der Waals surface area contributed by atoms with E-state index in [0.717, 1.165) is 35.5 Å². The summed E-state index contributed by atoms with van der Waals surface area (Å²) in [4.78, 5) is 43.2. The average Bonchev–Trinajstić information content (AvgIpc) is 3.46. The van der Waals surface area contributed by atoms with Crippen LogP contribution >= 0.6 is 0 Å². The smallest absolute Gasteiger partial charge is 0.291 e. The van der Waals surface area contributed by atoms with Gasteiger partial charge in [0.1, 0.15) is 23.6 Å². The Hall–Kier alpha value is -3.19. The Balaban J connectivity index is 1.52. The van der Waals surface area contributed by atoms with Crippen molar-refractivity contribution in [3.8, 4) is 5.75 Å². The second-order valence-corrected chi connectivity index (χ2v) is 8.55. The molecule has 0 bridgehead atoms. The van der Waals surface area contributed by atoms with Gasteiger partial charge in [0, 0.05) is 18.4 Å². The van der Waals surface area contributed by atoms with Gasteiger partial charge >= 0.3 is 0 Å². The molecule has 1 spiro atoms. The largest absolute Gasteiger partial charge is 0.497 e. The standard InChI is InChI=1S/C23H21N3O4/c1-30-14-10-8-13(9-11-14)26-20(27)18-17-7-4-12-25(17)23(19(18)21(26)28)15-5-2-3-6-16(15)24-22(23)29/h2-3,5-6,8-11,17-19H,4,7,12H2,1H3,(H,24,29)/p+1/t17-,18+,19-,23-/m1/s1. The quantitative estimate of drug-likeness (QED) is 0.723. The summed E-state index contributed by atoms with van der Waals surface area (Å²) in [5.41, 5.74) is 1.10. The van der Waals surface area contributed by atoms with E-state index in [2.05, 4.69) is 5.32 Å². The highest BCUT2D eigenvalue weighted by atomic mass is 16.5. The van der Waals surface area contributed by atoms with Gasteiger partial charge in [-0.05, 0) is 30.3 Å². The second kappa shape index (κ2) is 5.92. The number of nitrogens with zero attached hydrogens (tertiary/aromatic N) is 1. The first-order valence-electron chi connectivity index (χ1n) is 10.4. The van der Waals surface area contributed by atoms with E-state index in [1.807, 2.05) is 24.3 Å². The van der Waals surface area contributed by atoms with Crippen LogP contribution in [0.5, 0.6) is 5.75 Å². The number of fused-ring (bicyclic) bond motifs is 7. The SMILES string of the molecule is COc1ccc(N2C(=O)[C@H]3[C@H]4CCC[NH+]4[C@@]4(C(=O)Nc5ccccc54)[C@H]3C2=O)cc1. The van der Waals surface area contributed by atoms with E-state index in [9.17, 15) is 14.4 Å². The van der Waals surface area contributed by atoms with Gasteiger partial charge in [0.15, 0.2) is 0 Å². The molecule has 0 saturated carbocycles. The van der Waals surface area contributed by atoms with E-state index < -0.39 is 17.4 Å². The lowest BCUT2D eigenvalue weighted by Gasteiger charge is -2.33. The molecule has 0 radical (unpaired) electrons. The average molecular weight is 404 g/mol. The van der Waals surface area contributed by atoms with Gasteiger partial charge in [-0.2, -0.15) is 0 Å². The van der Waals surface area contributed by atoms with Crippen LogP contribution in [-0.2, 0) is 19.9 Å². The van der Waals surface area contributed by atoms with E-state index in [-0.39, 0.29) is 23.8 Å². The van der Waals surface area contributed by atoms with E-state index in [4.69, 9.17) is 4.74 Å². The van der Waals surface area contributed by atoms with E-state index in [0.29, 0.717) is 11.4 Å². The number of carbonyl (C=O) groups excluding carboxylic acids is 3. The summed E-state index contributed by atoms with van der Waals surface area (Å²) in [5, 5.41) is 3.00. The first-order valence-corrected chi connectivity index (χ1v) is 10.4. The molecule has 3 saturated heterocycles. The van der Waals surface area contributed by atoms with Crippen LogP contribution in [0.3, 0.4) is 0 Å². The molecule has 3 amide bonds. The number of amides is 3. The summed E-state index contributed by atoms with van der Waals surface area (Å²) in [6.07, 6.45) is 1.80. The number of rotatable bonds is 2. The van der Waals surface area contributed by atoms with Crippen molar-refractivity contribution in [1.82, 2.24) is 0 Å². The summed E-state index contributed by atoms with van der Waals surface area (Å²) in [5.74, 6) is -1.12. The topological polar surface area (TPSA) is 80.2 Å². The van der Waals surface area contributed by atoms with Crippen molar-refractivity contribution < 1.29 is 24.0 Å². The molecule has 1 unspecified atom stereocenters. The molecule has 30 heavy (non-hydrogen) atoms. The van der Waals surface area contributed by atoms with Crippen LogP contribution in [0.25, 0.3) is 0 Å². The van der Waals surface area contributed by atoms with Gasteiger partial charge in [-0.1, -0.05) is 18.2 Å². The number of methoxy groups -OCH3 is 1. The number of para-hydroxylation sites is 1. The monoisotopic (exact) mass is 404 g/mol. The van der Waals surface area contributed by atoms with Crippen molar-refractivity contribution in [2.45, 2.75) is 24.4 Å². The number of quaternary nitrogens is 1. The normalized spacial score (nSPS) is 33.6. The summed E-state index contributed by atoms with van der Waals surface area (Å²) >= 11 is 0. The van der Waals surface area contributed by atoms with E-state index in [1.54, 1.807) is 31.4 Å². The van der Waals surface area contributed by atoms with Crippen molar-refractivity contribution in [2.24, 2.45) is 11.8 Å². The molecule has 5 atom stereocenters. The number of benzene rings is 2. The fourth-order valence-corrected chi connectivity index (χ4v) is 6.40. The zero-order valence-electron chi connectivity index (χ0n) is 16.6. The number of carbonyl (C=O) groups is 3. The van der Waals surface area contributed by atoms with Crippen LogP contribution < -0.4 is 19.9 Å². The van der Waals surface area contributed by atoms with Gasteiger partial charge in [0.2, 0.25) is 17.4 Å². The second-order valence-electron chi connectivity index (χ2n) is 8.55. The van der Waals surface area contributed by atoms with Crippen molar-refractivity contribution in [3.63, 3.8) is 0 Å². The molecule has 4 heterocycles. The molecule has 2 aromatic rings. The van der Waals surface area contributed by atoms with Crippen LogP contribution in [0.1, 0.15) is 18.4 Å². The number of hydrogen-bond acceptors (Lipinski definition) is 4. The van der Waals surface area contributed by atoms with Crippen molar-refractivity contribution >= 4 is 29.1 Å². The maximum absolute atomic E-state index is 13.8. The molecule has 3 fully saturated rings. The third-order valence-electron chi connectivity index (χ3n) is 7.46. The van der Waals surface area contributed by atoms with E-state index in [1.165, 1.54) is 4.90 Å². The lowest BCUT2D eigenvalue weighted by Crippen LogP contribution is -3.19. The maximum Gasteiger partial charge on any atom is 0.291 e. The van der Waals surface area contributed by atoms with Crippen molar-refractivity contribution in [2.75, 3.05) is 23.9 Å². The Morgan fingerprint density at radius 1 is 1.07 bits per heavy atom. The summed E-state index contributed by atoms with van der Waals surface area (Å²) in [7, 11) is 1.57. The van der Waals surface area contributed by atoms with Gasteiger partial charge in [-0.15, -0.1) is 0 Å². The lowest BCUT2D eigenvalue weighted by atomic mass is 9.75. The van der Waals surface area contributed by atoms with Crippen molar-refractivity contribution in [3.05, 3.63) is 54.1 Å². The van der Waals surface area contributed by atoms with Gasteiger partial charge in [0.25, 0.3) is 5.91 Å². The lowest BCUT2D eigenvalue weighted by molar-refractivity contribution is -0.948. The fraction of sp³-hybridized carbons (Fsp3) is 0.348. The molecule has 2 N–H and O–H groups in total. The van der Waals surface area contributed by atoms with Crippen LogP contribution in [0.4, 0.5) is 11.4 Å². The Kier molecular flexibility index (Phi) is 3.48. The molecule has 4 aliphatic rings. The predicted molar refractivity (Wildman–Crippen MR) is 108 cm³/mol. The molecular formula is C23H22N3O4+. The Morgan fingerprint density at radius 2 is 1.83 bits per heavy atom. The summed E-state index contributed by atoms with van der Waals surface area (Å²) in [6, 6.07) is 14.5. The molecule has 152 valence electrons. The molecule has 6 rings (SSSR count). The first kappa shape index (κ1) is 17.7. The highest BCUT2D eigenvalue weighted by molar-refractivity contribution is 6.25. The zero-order valence-corrected chi connectivity index (χ0v) is 16.6. The Bertz CT molecular complexity index is 1100. The number of nitrogens with one attached hydrogen (secondary N) is 2. The molecule has 0 aromatic heterocycles. The van der Waals surface area contributed by atoms with E-state index >= 15 is 0 Å². The number of anilines is 2. The number of ether oxygens (including phenoxy) is 1. The van der Waals surface area contributed by atoms with Crippen LogP contribution in [0.2, 0.25) is 0 Å². The first-order chi connectivity index (χ1) is 14.6. The Morgan fingerprint density at radius 3 is 2.60 bits per heavy atom. The minimum atomic E-state index is -1.03. The molecule has 0 aliphatic carbocycles. The molecule has 7 heteroatoms. The van der Waals surface area contributed by atoms with Gasteiger partial charge < -0.3 is 15.0 Å². The molecule has 4 aliphatic heterocycles. The predicted octanol–water partition coefficient (Wildman–Crippen LogP) is 0.709. The number of imide groups is 1. The fourth-order valence-electron chi connectivity index (χ4n) is 6.40. The minimum absolute atomic E-state index is 0.0217. The van der Waals surface area contributed by atoms with Crippen LogP contribution in [-0.4, -0.2) is 37.4 Å². The van der Waals surface area contributed by atoms with Crippen LogP contribution in [0.15, 0.2) is 48.5 Å².